The van der Waals surface area contributed by atoms with Crippen LogP contribution in [0.3, 0.4) is 0 Å². The van der Waals surface area contributed by atoms with E-state index in [2.05, 4.69) is 11.8 Å². The fraction of sp³-hybridized carbons (Fsp3) is 0.118. The number of allylic oxidation sites excluding steroid dienone is 5. The van der Waals surface area contributed by atoms with Crippen LogP contribution in [0.5, 0.6) is 0 Å². The molecule has 0 heterocycles. The number of halogens is 1. The molecule has 1 nitrogen and oxygen atoms in total. The van der Waals surface area contributed by atoms with Crippen molar-refractivity contribution in [2.45, 2.75) is 12.8 Å². The van der Waals surface area contributed by atoms with Crippen LogP contribution in [0.25, 0.3) is 6.08 Å². The molecule has 0 radical (unpaired) electrons. The molecule has 0 spiro atoms. The maximum Gasteiger partial charge on any atom is 0.150 e. The van der Waals surface area contributed by atoms with Crippen molar-refractivity contribution in [3.8, 4) is 11.8 Å². The second-order valence-corrected chi connectivity index (χ2v) is 4.19. The van der Waals surface area contributed by atoms with E-state index in [1.807, 2.05) is 18.2 Å². The summed E-state index contributed by atoms with van der Waals surface area (Å²) in [6.07, 6.45) is 8.74. The molecule has 1 aliphatic rings. The average molecular weight is 252 g/mol. The lowest BCUT2D eigenvalue weighted by Gasteiger charge is -2.02. The lowest BCUT2D eigenvalue weighted by atomic mass is 10.1. The Balaban J connectivity index is 1.98. The largest absolute Gasteiger partial charge is 0.298 e. The molecule has 0 N–H and O–H groups in total. The van der Waals surface area contributed by atoms with Gasteiger partial charge in [-0.2, -0.15) is 0 Å². The Morgan fingerprint density at radius 1 is 1.05 bits per heavy atom. The zero-order valence-electron chi connectivity index (χ0n) is 10.4. The van der Waals surface area contributed by atoms with E-state index < -0.39 is 0 Å². The van der Waals surface area contributed by atoms with Gasteiger partial charge in [0.2, 0.25) is 0 Å². The highest BCUT2D eigenvalue weighted by Gasteiger charge is 2.02. The van der Waals surface area contributed by atoms with Crippen LogP contribution in [0.15, 0.2) is 53.9 Å². The average Bonchev–Trinajstić information content (AvgIpc) is 2.46. The van der Waals surface area contributed by atoms with Gasteiger partial charge in [-0.15, -0.1) is 0 Å². The topological polar surface area (TPSA) is 17.1 Å². The van der Waals surface area contributed by atoms with Gasteiger partial charge in [0.15, 0.2) is 0 Å². The van der Waals surface area contributed by atoms with Crippen molar-refractivity contribution in [1.82, 2.24) is 0 Å². The van der Waals surface area contributed by atoms with E-state index in [4.69, 9.17) is 0 Å². The van der Waals surface area contributed by atoms with Crippen molar-refractivity contribution < 1.29 is 9.18 Å². The van der Waals surface area contributed by atoms with E-state index in [1.165, 1.54) is 6.08 Å². The summed E-state index contributed by atoms with van der Waals surface area (Å²) in [7, 11) is 0. The van der Waals surface area contributed by atoms with E-state index in [9.17, 15) is 9.18 Å². The summed E-state index contributed by atoms with van der Waals surface area (Å²) < 4.78 is 12.8. The molecular formula is C17H13FO. The van der Waals surface area contributed by atoms with Gasteiger partial charge in [0, 0.05) is 17.6 Å². The third kappa shape index (κ3) is 4.08. The second kappa shape index (κ2) is 6.51. The third-order valence-corrected chi connectivity index (χ3v) is 2.76. The Labute approximate surface area is 112 Å². The minimum atomic E-state index is -0.0867. The molecular weight excluding hydrogens is 239 g/mol. The van der Waals surface area contributed by atoms with Crippen LogP contribution in [0, 0.1) is 11.8 Å². The smallest absolute Gasteiger partial charge is 0.150 e. The molecule has 0 atom stereocenters. The summed E-state index contributed by atoms with van der Waals surface area (Å²) in [6.45, 7) is 0. The van der Waals surface area contributed by atoms with Gasteiger partial charge in [-0.25, -0.2) is 4.39 Å². The Morgan fingerprint density at radius 3 is 2.42 bits per heavy atom. The van der Waals surface area contributed by atoms with Crippen LogP contribution in [-0.2, 0) is 0 Å². The third-order valence-electron chi connectivity index (χ3n) is 2.76. The van der Waals surface area contributed by atoms with Crippen molar-refractivity contribution in [3.05, 3.63) is 65.0 Å². The molecule has 0 unspecified atom stereocenters. The first-order valence-electron chi connectivity index (χ1n) is 6.06. The SMILES string of the molecule is O=Cc1ccc(/C=C/C#CC2=CC=C(F)CC2)cc1. The fourth-order valence-electron chi connectivity index (χ4n) is 1.67. The monoisotopic (exact) mass is 252 g/mol. The normalized spacial score (nSPS) is 14.4. The predicted molar refractivity (Wildman–Crippen MR) is 75.1 cm³/mol. The molecule has 0 bridgehead atoms. The molecule has 0 saturated heterocycles. The highest BCUT2D eigenvalue weighted by atomic mass is 19.1. The van der Waals surface area contributed by atoms with Crippen molar-refractivity contribution >= 4 is 12.4 Å². The number of carbonyl (C=O) groups excluding carboxylic acids is 1. The molecule has 0 aromatic heterocycles. The first kappa shape index (κ1) is 13.0. The van der Waals surface area contributed by atoms with E-state index in [0.717, 1.165) is 17.4 Å². The van der Waals surface area contributed by atoms with Gasteiger partial charge in [-0.05, 0) is 36.3 Å². The lowest BCUT2D eigenvalue weighted by Crippen LogP contribution is -1.86. The number of carbonyl (C=O) groups is 1. The van der Waals surface area contributed by atoms with Crippen LogP contribution in [0.1, 0.15) is 28.8 Å². The highest BCUT2D eigenvalue weighted by molar-refractivity contribution is 5.75. The van der Waals surface area contributed by atoms with Crippen LogP contribution in [0.2, 0.25) is 0 Å². The maximum absolute atomic E-state index is 12.8. The first-order valence-corrected chi connectivity index (χ1v) is 6.06. The number of hydrogen-bond donors (Lipinski definition) is 0. The Bertz CT molecular complexity index is 607. The Kier molecular flexibility index (Phi) is 4.47. The molecule has 2 rings (SSSR count). The number of hydrogen-bond acceptors (Lipinski definition) is 1. The molecule has 1 aromatic rings. The lowest BCUT2D eigenvalue weighted by molar-refractivity contribution is 0.112. The highest BCUT2D eigenvalue weighted by Crippen LogP contribution is 2.18. The van der Waals surface area contributed by atoms with Crippen LogP contribution in [0.4, 0.5) is 4.39 Å². The Morgan fingerprint density at radius 2 is 1.79 bits per heavy atom. The zero-order chi connectivity index (χ0) is 13.5. The number of rotatable bonds is 2. The maximum atomic E-state index is 12.8. The first-order chi connectivity index (χ1) is 9.28. The van der Waals surface area contributed by atoms with Crippen molar-refractivity contribution in [3.63, 3.8) is 0 Å². The van der Waals surface area contributed by atoms with Gasteiger partial charge in [0.05, 0.1) is 0 Å². The summed E-state index contributed by atoms with van der Waals surface area (Å²) in [6, 6.07) is 7.24. The second-order valence-electron chi connectivity index (χ2n) is 4.19. The van der Waals surface area contributed by atoms with Crippen molar-refractivity contribution in [1.29, 1.82) is 0 Å². The van der Waals surface area contributed by atoms with Gasteiger partial charge in [0.25, 0.3) is 0 Å². The molecule has 19 heavy (non-hydrogen) atoms. The molecule has 0 saturated carbocycles. The van der Waals surface area contributed by atoms with Crippen LogP contribution < -0.4 is 0 Å². The Hall–Kier alpha value is -2.40. The fourth-order valence-corrected chi connectivity index (χ4v) is 1.67. The zero-order valence-corrected chi connectivity index (χ0v) is 10.4. The van der Waals surface area contributed by atoms with Crippen LogP contribution >= 0.6 is 0 Å². The summed E-state index contributed by atoms with van der Waals surface area (Å²) in [5.74, 6) is 5.83. The summed E-state index contributed by atoms with van der Waals surface area (Å²) in [4.78, 5) is 10.5. The van der Waals surface area contributed by atoms with Crippen LogP contribution in [-0.4, -0.2) is 6.29 Å². The standard InChI is InChI=1S/C17H13FO/c18-17-11-9-15(10-12-17)4-2-1-3-14-5-7-16(13-19)8-6-14/h1,3,5-9,11,13H,10,12H2/b3-1+. The molecule has 0 fully saturated rings. The van der Waals surface area contributed by atoms with Gasteiger partial charge in [-0.1, -0.05) is 36.1 Å². The molecule has 2 heteroatoms. The van der Waals surface area contributed by atoms with Crippen molar-refractivity contribution in [2.24, 2.45) is 0 Å². The molecule has 0 aliphatic heterocycles. The minimum Gasteiger partial charge on any atom is -0.298 e. The molecule has 1 aliphatic carbocycles. The van der Waals surface area contributed by atoms with E-state index >= 15 is 0 Å². The summed E-state index contributed by atoms with van der Waals surface area (Å²) in [5, 5.41) is 0. The molecule has 0 amide bonds. The van der Waals surface area contributed by atoms with Gasteiger partial charge >= 0.3 is 0 Å². The van der Waals surface area contributed by atoms with Gasteiger partial charge < -0.3 is 0 Å². The molecule has 1 aromatic carbocycles. The molecule has 94 valence electrons. The number of benzene rings is 1. The van der Waals surface area contributed by atoms with Crippen molar-refractivity contribution in [2.75, 3.05) is 0 Å². The van der Waals surface area contributed by atoms with Gasteiger partial charge in [0.1, 0.15) is 12.1 Å². The quantitative estimate of drug-likeness (QED) is 0.572. The van der Waals surface area contributed by atoms with E-state index in [-0.39, 0.29) is 5.83 Å². The summed E-state index contributed by atoms with van der Waals surface area (Å²) >= 11 is 0. The van der Waals surface area contributed by atoms with E-state index in [1.54, 1.807) is 24.3 Å². The van der Waals surface area contributed by atoms with Gasteiger partial charge in [-0.3, -0.25) is 4.79 Å². The van der Waals surface area contributed by atoms with E-state index in [0.29, 0.717) is 18.4 Å². The minimum absolute atomic E-state index is 0.0867. The summed E-state index contributed by atoms with van der Waals surface area (Å²) in [5.41, 5.74) is 2.59. The number of aldehydes is 1. The predicted octanol–water partition coefficient (Wildman–Crippen LogP) is 4.09.